The van der Waals surface area contributed by atoms with Crippen molar-refractivity contribution in [3.63, 3.8) is 0 Å². The fourth-order valence-electron chi connectivity index (χ4n) is 3.47. The molecular weight excluding hydrogens is 499 g/mol. The van der Waals surface area contributed by atoms with Gasteiger partial charge in [-0.05, 0) is 56.7 Å². The van der Waals surface area contributed by atoms with Crippen LogP contribution in [0.5, 0.6) is 5.75 Å². The number of carbonyl (C=O) groups excluding carboxylic acids is 1. The summed E-state index contributed by atoms with van der Waals surface area (Å²) in [5.41, 5.74) is 3.70. The zero-order valence-corrected chi connectivity index (χ0v) is 20.9. The minimum Gasteiger partial charge on any atom is -0.489 e. The highest BCUT2D eigenvalue weighted by Crippen LogP contribution is 2.26. The van der Waals surface area contributed by atoms with Gasteiger partial charge in [0.25, 0.3) is 5.91 Å². The largest absolute Gasteiger partial charge is 0.489 e. The van der Waals surface area contributed by atoms with E-state index in [1.54, 1.807) is 48.0 Å². The molecule has 0 saturated heterocycles. The lowest BCUT2D eigenvalue weighted by Crippen LogP contribution is -2.16. The van der Waals surface area contributed by atoms with Gasteiger partial charge in [-0.2, -0.15) is 5.10 Å². The minimum absolute atomic E-state index is 0.104. The van der Waals surface area contributed by atoms with Crippen LogP contribution in [-0.4, -0.2) is 20.8 Å². The summed E-state index contributed by atoms with van der Waals surface area (Å²) >= 11 is 18.1. The first kappa shape index (κ1) is 24.1. The molecule has 1 amide bonds. The van der Waals surface area contributed by atoms with Crippen molar-refractivity contribution in [3.05, 3.63) is 91.5 Å². The molecule has 0 unspecified atom stereocenters. The maximum Gasteiger partial charge on any atom is 0.278 e. The quantitative estimate of drug-likeness (QED) is 0.296. The molecular formula is C24H21Cl3N4O3. The molecule has 2 aromatic heterocycles. The van der Waals surface area contributed by atoms with Crippen molar-refractivity contribution in [3.8, 4) is 5.75 Å². The van der Waals surface area contributed by atoms with Crippen LogP contribution in [0.15, 0.2) is 47.0 Å². The Morgan fingerprint density at radius 1 is 1.09 bits per heavy atom. The van der Waals surface area contributed by atoms with Crippen LogP contribution in [0.2, 0.25) is 15.1 Å². The summed E-state index contributed by atoms with van der Waals surface area (Å²) in [7, 11) is 0. The van der Waals surface area contributed by atoms with Crippen molar-refractivity contribution >= 4 is 46.4 Å². The summed E-state index contributed by atoms with van der Waals surface area (Å²) in [6.07, 6.45) is 0. The third-order valence-corrected chi connectivity index (χ3v) is 6.29. The molecule has 1 N–H and O–H groups in total. The van der Waals surface area contributed by atoms with Gasteiger partial charge in [0.05, 0.1) is 39.2 Å². The standard InChI is InChI=1S/C24H21Cl3N4O3/c1-13-22(14(2)31(29-13)11-16-7-8-20(26)21(27)9-16)28-24(32)23-19(15(3)34-30-23)12-33-18-6-4-5-17(25)10-18/h4-10H,11-12H2,1-3H3,(H,28,32). The van der Waals surface area contributed by atoms with E-state index in [-0.39, 0.29) is 12.3 Å². The molecule has 0 aliphatic heterocycles. The number of anilines is 1. The summed E-state index contributed by atoms with van der Waals surface area (Å²) in [5.74, 6) is 0.660. The zero-order chi connectivity index (χ0) is 24.4. The van der Waals surface area contributed by atoms with Gasteiger partial charge in [-0.1, -0.05) is 52.1 Å². The number of ether oxygens (including phenoxy) is 1. The van der Waals surface area contributed by atoms with Crippen LogP contribution in [0.25, 0.3) is 0 Å². The number of nitrogens with zero attached hydrogens (tertiary/aromatic N) is 3. The van der Waals surface area contributed by atoms with Crippen LogP contribution in [0, 0.1) is 20.8 Å². The third-order valence-electron chi connectivity index (χ3n) is 5.32. The molecule has 2 heterocycles. The van der Waals surface area contributed by atoms with Gasteiger partial charge in [0.1, 0.15) is 18.1 Å². The van der Waals surface area contributed by atoms with E-state index in [1.807, 2.05) is 19.9 Å². The van der Waals surface area contributed by atoms with Gasteiger partial charge in [-0.25, -0.2) is 0 Å². The molecule has 0 saturated carbocycles. The summed E-state index contributed by atoms with van der Waals surface area (Å²) in [4.78, 5) is 13.1. The van der Waals surface area contributed by atoms with Crippen LogP contribution < -0.4 is 10.1 Å². The lowest BCUT2D eigenvalue weighted by atomic mass is 10.2. The molecule has 4 aromatic rings. The lowest BCUT2D eigenvalue weighted by Gasteiger charge is -2.09. The molecule has 0 fully saturated rings. The molecule has 2 aromatic carbocycles. The SMILES string of the molecule is Cc1nn(Cc2ccc(Cl)c(Cl)c2)c(C)c1NC(=O)c1noc(C)c1COc1cccc(Cl)c1. The van der Waals surface area contributed by atoms with Crippen LogP contribution in [0.3, 0.4) is 0 Å². The topological polar surface area (TPSA) is 82.2 Å². The monoisotopic (exact) mass is 518 g/mol. The second-order valence-corrected chi connectivity index (χ2v) is 8.97. The predicted molar refractivity (Wildman–Crippen MR) is 132 cm³/mol. The first-order valence-corrected chi connectivity index (χ1v) is 11.5. The Morgan fingerprint density at radius 3 is 2.62 bits per heavy atom. The van der Waals surface area contributed by atoms with Gasteiger partial charge < -0.3 is 14.6 Å². The number of hydrogen-bond acceptors (Lipinski definition) is 5. The number of rotatable bonds is 7. The number of carbonyl (C=O) groups is 1. The molecule has 0 spiro atoms. The molecule has 4 rings (SSSR count). The molecule has 0 aliphatic carbocycles. The van der Waals surface area contributed by atoms with E-state index in [2.05, 4.69) is 15.6 Å². The normalized spacial score (nSPS) is 11.0. The van der Waals surface area contributed by atoms with Crippen molar-refractivity contribution < 1.29 is 14.1 Å². The Kier molecular flexibility index (Phi) is 7.16. The number of aryl methyl sites for hydroxylation is 2. The molecule has 0 radical (unpaired) electrons. The Labute approximate surface area is 211 Å². The Morgan fingerprint density at radius 2 is 1.88 bits per heavy atom. The fourth-order valence-corrected chi connectivity index (χ4v) is 3.97. The van der Waals surface area contributed by atoms with Crippen LogP contribution in [0.1, 0.15) is 38.8 Å². The van der Waals surface area contributed by atoms with Gasteiger partial charge in [-0.15, -0.1) is 0 Å². The number of amides is 1. The fraction of sp³-hybridized carbons (Fsp3) is 0.208. The van der Waals surface area contributed by atoms with E-state index in [4.69, 9.17) is 44.1 Å². The second kappa shape index (κ2) is 10.1. The predicted octanol–water partition coefficient (Wildman–Crippen LogP) is 6.64. The summed E-state index contributed by atoms with van der Waals surface area (Å²) in [6.45, 7) is 6.01. The Hall–Kier alpha value is -3.00. The van der Waals surface area contributed by atoms with Crippen LogP contribution >= 0.6 is 34.8 Å². The number of benzene rings is 2. The molecule has 34 heavy (non-hydrogen) atoms. The third kappa shape index (κ3) is 5.22. The van der Waals surface area contributed by atoms with Crippen LogP contribution in [-0.2, 0) is 13.2 Å². The van der Waals surface area contributed by atoms with Gasteiger partial charge in [0, 0.05) is 5.02 Å². The summed E-state index contributed by atoms with van der Waals surface area (Å²) < 4.78 is 12.9. The highest BCUT2D eigenvalue weighted by Gasteiger charge is 2.23. The molecule has 7 nitrogen and oxygen atoms in total. The zero-order valence-electron chi connectivity index (χ0n) is 18.7. The van der Waals surface area contributed by atoms with Gasteiger partial charge in [0.15, 0.2) is 5.69 Å². The first-order valence-electron chi connectivity index (χ1n) is 10.4. The van der Waals surface area contributed by atoms with E-state index in [0.29, 0.717) is 50.1 Å². The van der Waals surface area contributed by atoms with Crippen molar-refractivity contribution in [2.24, 2.45) is 0 Å². The van der Waals surface area contributed by atoms with Gasteiger partial charge in [-0.3, -0.25) is 9.48 Å². The van der Waals surface area contributed by atoms with Crippen molar-refractivity contribution in [1.29, 1.82) is 0 Å². The van der Waals surface area contributed by atoms with Gasteiger partial charge >= 0.3 is 0 Å². The van der Waals surface area contributed by atoms with Crippen molar-refractivity contribution in [2.75, 3.05) is 5.32 Å². The van der Waals surface area contributed by atoms with Gasteiger partial charge in [0.2, 0.25) is 0 Å². The Balaban J connectivity index is 1.51. The average Bonchev–Trinajstić information content (AvgIpc) is 3.29. The summed E-state index contributed by atoms with van der Waals surface area (Å²) in [5, 5.41) is 12.9. The maximum atomic E-state index is 13.1. The average molecular weight is 520 g/mol. The lowest BCUT2D eigenvalue weighted by molar-refractivity contribution is 0.101. The minimum atomic E-state index is -0.415. The number of hydrogen-bond donors (Lipinski definition) is 1. The van der Waals surface area contributed by atoms with Crippen LogP contribution in [0.4, 0.5) is 5.69 Å². The van der Waals surface area contributed by atoms with E-state index in [1.165, 1.54) is 0 Å². The second-order valence-electron chi connectivity index (χ2n) is 7.72. The molecule has 0 bridgehead atoms. The Bertz CT molecular complexity index is 1360. The van der Waals surface area contributed by atoms with E-state index in [0.717, 1.165) is 11.3 Å². The summed E-state index contributed by atoms with van der Waals surface area (Å²) in [6, 6.07) is 12.4. The number of nitrogens with one attached hydrogen (secondary N) is 1. The van der Waals surface area contributed by atoms with Crippen molar-refractivity contribution in [2.45, 2.75) is 33.9 Å². The maximum absolute atomic E-state index is 13.1. The molecule has 10 heteroatoms. The van der Waals surface area contributed by atoms with E-state index >= 15 is 0 Å². The molecule has 0 atom stereocenters. The number of halogens is 3. The highest BCUT2D eigenvalue weighted by molar-refractivity contribution is 6.42. The van der Waals surface area contributed by atoms with E-state index < -0.39 is 5.91 Å². The first-order chi connectivity index (χ1) is 16.2. The van der Waals surface area contributed by atoms with Crippen molar-refractivity contribution in [1.82, 2.24) is 14.9 Å². The number of aromatic nitrogens is 3. The highest BCUT2D eigenvalue weighted by atomic mass is 35.5. The van der Waals surface area contributed by atoms with E-state index in [9.17, 15) is 4.79 Å². The molecule has 0 aliphatic rings. The smallest absolute Gasteiger partial charge is 0.278 e. The molecule has 176 valence electrons.